The number of benzene rings is 1. The number of carbonyl (C=O) groups is 1. The van der Waals surface area contributed by atoms with E-state index in [1.807, 2.05) is 39.0 Å². The summed E-state index contributed by atoms with van der Waals surface area (Å²) >= 11 is 0. The highest BCUT2D eigenvalue weighted by molar-refractivity contribution is 7.84. The average Bonchev–Trinajstić information content (AvgIpc) is 2.40. The zero-order chi connectivity index (χ0) is 14.3. The topological polar surface area (TPSA) is 58.2 Å². The summed E-state index contributed by atoms with van der Waals surface area (Å²) in [4.78, 5) is 12.1. The quantitative estimate of drug-likeness (QED) is 0.803. The summed E-state index contributed by atoms with van der Waals surface area (Å²) in [5, 5.41) is 5.99. The number of carbonyl (C=O) groups excluding carboxylic acids is 1. The standard InChI is InChI=1S/C14H22N2O2S/c1-4-15-13-7-6-11(3)10-12(13)14(17)16-8-9-19(18)5-2/h6-7,10,15H,4-5,8-9H2,1-3H3,(H,16,17). The molecule has 106 valence electrons. The van der Waals surface area contributed by atoms with Gasteiger partial charge in [-0.3, -0.25) is 9.00 Å². The molecular formula is C14H22N2O2S. The molecule has 0 saturated carbocycles. The number of nitrogens with one attached hydrogen (secondary N) is 2. The molecule has 5 heteroatoms. The van der Waals surface area contributed by atoms with Crippen molar-refractivity contribution in [2.75, 3.05) is 29.9 Å². The molecule has 0 radical (unpaired) electrons. The van der Waals surface area contributed by atoms with Crippen molar-refractivity contribution in [2.24, 2.45) is 0 Å². The van der Waals surface area contributed by atoms with Gasteiger partial charge < -0.3 is 10.6 Å². The highest BCUT2D eigenvalue weighted by atomic mass is 32.2. The molecule has 1 unspecified atom stereocenters. The van der Waals surface area contributed by atoms with Gasteiger partial charge in [0.2, 0.25) is 0 Å². The van der Waals surface area contributed by atoms with E-state index in [2.05, 4.69) is 10.6 Å². The van der Waals surface area contributed by atoms with Gasteiger partial charge in [0.15, 0.2) is 0 Å². The number of anilines is 1. The molecule has 1 aromatic carbocycles. The molecule has 0 aliphatic carbocycles. The summed E-state index contributed by atoms with van der Waals surface area (Å²) in [7, 11) is -0.843. The lowest BCUT2D eigenvalue weighted by molar-refractivity contribution is 0.0957. The van der Waals surface area contributed by atoms with Crippen LogP contribution in [-0.4, -0.2) is 34.7 Å². The van der Waals surface area contributed by atoms with E-state index in [0.29, 0.717) is 23.6 Å². The van der Waals surface area contributed by atoms with Crippen LogP contribution in [-0.2, 0) is 10.8 Å². The van der Waals surface area contributed by atoms with Crippen molar-refractivity contribution in [3.8, 4) is 0 Å². The Morgan fingerprint density at radius 2 is 2.05 bits per heavy atom. The lowest BCUT2D eigenvalue weighted by Gasteiger charge is -2.12. The monoisotopic (exact) mass is 282 g/mol. The first-order valence-corrected chi connectivity index (χ1v) is 8.05. The molecule has 0 aromatic heterocycles. The van der Waals surface area contributed by atoms with E-state index in [0.717, 1.165) is 17.8 Å². The third-order valence-corrected chi connectivity index (χ3v) is 4.03. The second kappa shape index (κ2) is 7.94. The van der Waals surface area contributed by atoms with Crippen LogP contribution in [0.5, 0.6) is 0 Å². The molecule has 1 atom stereocenters. The molecule has 0 aliphatic heterocycles. The Morgan fingerprint density at radius 3 is 2.68 bits per heavy atom. The largest absolute Gasteiger partial charge is 0.385 e. The van der Waals surface area contributed by atoms with Crippen molar-refractivity contribution >= 4 is 22.4 Å². The van der Waals surface area contributed by atoms with E-state index in [9.17, 15) is 9.00 Å². The summed E-state index contributed by atoms with van der Waals surface area (Å²) in [6.07, 6.45) is 0. The lowest BCUT2D eigenvalue weighted by atomic mass is 10.1. The lowest BCUT2D eigenvalue weighted by Crippen LogP contribution is -2.28. The fourth-order valence-corrected chi connectivity index (χ4v) is 2.33. The van der Waals surface area contributed by atoms with Crippen molar-refractivity contribution in [3.05, 3.63) is 29.3 Å². The number of aryl methyl sites for hydroxylation is 1. The van der Waals surface area contributed by atoms with E-state index >= 15 is 0 Å². The molecule has 0 heterocycles. The zero-order valence-electron chi connectivity index (χ0n) is 11.8. The Bertz CT molecular complexity index is 461. The minimum absolute atomic E-state index is 0.118. The molecule has 19 heavy (non-hydrogen) atoms. The van der Waals surface area contributed by atoms with Crippen molar-refractivity contribution in [3.63, 3.8) is 0 Å². The highest BCUT2D eigenvalue weighted by Crippen LogP contribution is 2.17. The van der Waals surface area contributed by atoms with Crippen molar-refractivity contribution in [1.82, 2.24) is 5.32 Å². The minimum atomic E-state index is -0.843. The van der Waals surface area contributed by atoms with Crippen LogP contribution in [0.4, 0.5) is 5.69 Å². The molecule has 0 aliphatic rings. The molecule has 1 aromatic rings. The van der Waals surface area contributed by atoms with Crippen LogP contribution >= 0.6 is 0 Å². The summed E-state index contributed by atoms with van der Waals surface area (Å²) < 4.78 is 11.3. The molecule has 4 nitrogen and oxygen atoms in total. The highest BCUT2D eigenvalue weighted by Gasteiger charge is 2.11. The van der Waals surface area contributed by atoms with Gasteiger partial charge in [0.1, 0.15) is 0 Å². The van der Waals surface area contributed by atoms with Crippen LogP contribution in [0.1, 0.15) is 29.8 Å². The summed E-state index contributed by atoms with van der Waals surface area (Å²) in [5.74, 6) is 1.01. The van der Waals surface area contributed by atoms with E-state index in [1.54, 1.807) is 0 Å². The normalized spacial score (nSPS) is 11.9. The van der Waals surface area contributed by atoms with E-state index in [-0.39, 0.29) is 5.91 Å². The van der Waals surface area contributed by atoms with Crippen LogP contribution in [0.3, 0.4) is 0 Å². The second-order valence-corrected chi connectivity index (χ2v) is 6.13. The molecule has 0 fully saturated rings. The molecule has 0 bridgehead atoms. The van der Waals surface area contributed by atoms with Gasteiger partial charge in [0, 0.05) is 41.1 Å². The van der Waals surface area contributed by atoms with Gasteiger partial charge in [-0.2, -0.15) is 0 Å². The molecule has 2 N–H and O–H groups in total. The third kappa shape index (κ3) is 5.03. The Balaban J connectivity index is 2.69. The van der Waals surface area contributed by atoms with Crippen molar-refractivity contribution in [1.29, 1.82) is 0 Å². The zero-order valence-corrected chi connectivity index (χ0v) is 12.6. The maximum absolute atomic E-state index is 12.1. The molecular weight excluding hydrogens is 260 g/mol. The van der Waals surface area contributed by atoms with Gasteiger partial charge in [0.25, 0.3) is 5.91 Å². The Morgan fingerprint density at radius 1 is 1.32 bits per heavy atom. The smallest absolute Gasteiger partial charge is 0.253 e. The molecule has 1 amide bonds. The fourth-order valence-electron chi connectivity index (χ4n) is 1.71. The van der Waals surface area contributed by atoms with E-state index in [1.165, 1.54) is 0 Å². The Hall–Kier alpha value is -1.36. The van der Waals surface area contributed by atoms with Crippen LogP contribution in [0, 0.1) is 6.92 Å². The number of amides is 1. The van der Waals surface area contributed by atoms with Gasteiger partial charge in [-0.1, -0.05) is 18.6 Å². The number of rotatable bonds is 7. The van der Waals surface area contributed by atoms with Crippen molar-refractivity contribution in [2.45, 2.75) is 20.8 Å². The number of hydrogen-bond acceptors (Lipinski definition) is 3. The first-order chi connectivity index (χ1) is 9.08. The molecule has 0 saturated heterocycles. The summed E-state index contributed by atoms with van der Waals surface area (Å²) in [6.45, 7) is 7.04. The van der Waals surface area contributed by atoms with Crippen LogP contribution in [0.15, 0.2) is 18.2 Å². The minimum Gasteiger partial charge on any atom is -0.385 e. The average molecular weight is 282 g/mol. The molecule has 0 spiro atoms. The first-order valence-electron chi connectivity index (χ1n) is 6.56. The van der Waals surface area contributed by atoms with Crippen LogP contribution < -0.4 is 10.6 Å². The predicted molar refractivity (Wildman–Crippen MR) is 81.2 cm³/mol. The van der Waals surface area contributed by atoms with E-state index in [4.69, 9.17) is 0 Å². The second-order valence-electron chi connectivity index (χ2n) is 4.27. The summed E-state index contributed by atoms with van der Waals surface area (Å²) in [6, 6.07) is 5.75. The van der Waals surface area contributed by atoms with E-state index < -0.39 is 10.8 Å². The van der Waals surface area contributed by atoms with Gasteiger partial charge in [-0.25, -0.2) is 0 Å². The number of hydrogen-bond donors (Lipinski definition) is 2. The van der Waals surface area contributed by atoms with Gasteiger partial charge in [0.05, 0.1) is 5.56 Å². The fraction of sp³-hybridized carbons (Fsp3) is 0.500. The predicted octanol–water partition coefficient (Wildman–Crippen LogP) is 1.93. The molecule has 1 rings (SSSR count). The van der Waals surface area contributed by atoms with Crippen molar-refractivity contribution < 1.29 is 9.00 Å². The first kappa shape index (κ1) is 15.7. The van der Waals surface area contributed by atoms with Gasteiger partial charge in [-0.05, 0) is 26.0 Å². The maximum atomic E-state index is 12.1. The SMILES string of the molecule is CCNc1ccc(C)cc1C(=O)NCCS(=O)CC. The summed E-state index contributed by atoms with van der Waals surface area (Å²) in [5.41, 5.74) is 2.52. The Kier molecular flexibility index (Phi) is 6.56. The maximum Gasteiger partial charge on any atom is 0.253 e. The Labute approximate surface area is 117 Å². The van der Waals surface area contributed by atoms with Crippen LogP contribution in [0.25, 0.3) is 0 Å². The van der Waals surface area contributed by atoms with Gasteiger partial charge >= 0.3 is 0 Å². The van der Waals surface area contributed by atoms with Gasteiger partial charge in [-0.15, -0.1) is 0 Å². The van der Waals surface area contributed by atoms with Crippen LogP contribution in [0.2, 0.25) is 0 Å². The third-order valence-electron chi connectivity index (χ3n) is 2.72.